The average Bonchev–Trinajstić information content (AvgIpc) is 3.07. The minimum atomic E-state index is 0.766. The summed E-state index contributed by atoms with van der Waals surface area (Å²) in [6.45, 7) is 4.98. The van der Waals surface area contributed by atoms with E-state index >= 15 is 0 Å². The molecule has 31 heavy (non-hydrogen) atoms. The number of pyridine rings is 1. The first-order valence-electron chi connectivity index (χ1n) is 10.8. The first-order valence-corrected chi connectivity index (χ1v) is 10.8. The van der Waals surface area contributed by atoms with Crippen molar-refractivity contribution >= 4 is 16.6 Å². The van der Waals surface area contributed by atoms with Crippen molar-refractivity contribution in [2.75, 3.05) is 0 Å². The lowest BCUT2D eigenvalue weighted by molar-refractivity contribution is 0.750. The number of aryl methyl sites for hydroxylation is 4. The molecule has 152 valence electrons. The highest BCUT2D eigenvalue weighted by molar-refractivity contribution is 5.85. The van der Waals surface area contributed by atoms with Gasteiger partial charge in [0.15, 0.2) is 0 Å². The summed E-state index contributed by atoms with van der Waals surface area (Å²) in [5.41, 5.74) is 10.4. The number of aromatic nitrogens is 3. The molecule has 0 atom stereocenters. The van der Waals surface area contributed by atoms with E-state index in [1.165, 1.54) is 27.8 Å². The van der Waals surface area contributed by atoms with E-state index in [1.54, 1.807) is 6.08 Å². The zero-order valence-electron chi connectivity index (χ0n) is 17.9. The third kappa shape index (κ3) is 3.33. The molecule has 2 heterocycles. The van der Waals surface area contributed by atoms with Gasteiger partial charge in [0.05, 0.1) is 23.3 Å². The number of hydrogen-bond donors (Lipinski definition) is 0. The summed E-state index contributed by atoms with van der Waals surface area (Å²) in [6.07, 6.45) is 8.31. The van der Waals surface area contributed by atoms with E-state index in [0.717, 1.165) is 53.8 Å². The second-order valence-electron chi connectivity index (χ2n) is 8.13. The Morgan fingerprint density at radius 2 is 1.87 bits per heavy atom. The SMILES string of the molecule is CCc1nc2c(C)cncc2n1Cc1ccc2c(c1)CCc1ccccc1C2=CC#N. The normalized spacial score (nSPS) is 14.2. The van der Waals surface area contributed by atoms with Crippen molar-refractivity contribution in [3.05, 3.63) is 100 Å². The van der Waals surface area contributed by atoms with Gasteiger partial charge in [-0.3, -0.25) is 4.98 Å². The molecule has 4 nitrogen and oxygen atoms in total. The molecule has 0 saturated heterocycles. The van der Waals surface area contributed by atoms with Gasteiger partial charge in [-0.1, -0.05) is 49.4 Å². The predicted molar refractivity (Wildman–Crippen MR) is 124 cm³/mol. The summed E-state index contributed by atoms with van der Waals surface area (Å²) in [6, 6.07) is 17.4. The van der Waals surface area contributed by atoms with Crippen LogP contribution in [0.3, 0.4) is 0 Å². The lowest BCUT2D eigenvalue weighted by atomic mass is 9.93. The standard InChI is InChI=1S/C27H24N4/c1-3-26-30-27-18(2)15-29-16-25(27)31(26)17-19-8-11-23-21(14-19)10-9-20-6-4-5-7-22(20)24(23)12-13-28/h4-8,11-12,14-16H,3,9-10,17H2,1-2H3. The lowest BCUT2D eigenvalue weighted by Gasteiger charge is -2.14. The molecule has 0 saturated carbocycles. The number of nitriles is 1. The molecular weight excluding hydrogens is 380 g/mol. The molecule has 4 aromatic rings. The van der Waals surface area contributed by atoms with Crippen LogP contribution in [0.1, 0.15) is 46.1 Å². The molecule has 2 aromatic heterocycles. The zero-order valence-corrected chi connectivity index (χ0v) is 17.9. The Hall–Kier alpha value is -3.71. The molecule has 0 radical (unpaired) electrons. The van der Waals surface area contributed by atoms with Crippen LogP contribution in [0, 0.1) is 18.3 Å². The second-order valence-corrected chi connectivity index (χ2v) is 8.13. The zero-order chi connectivity index (χ0) is 21.4. The van der Waals surface area contributed by atoms with Crippen LogP contribution < -0.4 is 0 Å². The van der Waals surface area contributed by atoms with Crippen LogP contribution in [-0.4, -0.2) is 14.5 Å². The first-order chi connectivity index (χ1) is 15.2. The van der Waals surface area contributed by atoms with E-state index in [2.05, 4.69) is 71.9 Å². The summed E-state index contributed by atoms with van der Waals surface area (Å²) < 4.78 is 2.29. The predicted octanol–water partition coefficient (Wildman–Crippen LogP) is 5.40. The maximum atomic E-state index is 9.43. The van der Waals surface area contributed by atoms with Crippen LogP contribution >= 0.6 is 0 Å². The molecule has 0 fully saturated rings. The fourth-order valence-corrected chi connectivity index (χ4v) is 4.69. The van der Waals surface area contributed by atoms with E-state index in [4.69, 9.17) is 4.98 Å². The summed E-state index contributed by atoms with van der Waals surface area (Å²) >= 11 is 0. The van der Waals surface area contributed by atoms with E-state index in [-0.39, 0.29) is 0 Å². The molecule has 2 aromatic carbocycles. The number of imidazole rings is 1. The summed E-state index contributed by atoms with van der Waals surface area (Å²) in [7, 11) is 0. The van der Waals surface area contributed by atoms with Crippen LogP contribution in [0.25, 0.3) is 16.6 Å². The highest BCUT2D eigenvalue weighted by Gasteiger charge is 2.19. The van der Waals surface area contributed by atoms with Crippen LogP contribution in [0.2, 0.25) is 0 Å². The van der Waals surface area contributed by atoms with Gasteiger partial charge in [-0.05, 0) is 58.7 Å². The Morgan fingerprint density at radius 1 is 1.06 bits per heavy atom. The van der Waals surface area contributed by atoms with Crippen molar-refractivity contribution in [3.63, 3.8) is 0 Å². The Balaban J connectivity index is 1.58. The fourth-order valence-electron chi connectivity index (χ4n) is 4.69. The van der Waals surface area contributed by atoms with Gasteiger partial charge in [-0.15, -0.1) is 0 Å². The maximum absolute atomic E-state index is 9.43. The van der Waals surface area contributed by atoms with Crippen LogP contribution in [0.5, 0.6) is 0 Å². The van der Waals surface area contributed by atoms with Gasteiger partial charge in [0.25, 0.3) is 0 Å². The summed E-state index contributed by atoms with van der Waals surface area (Å²) in [4.78, 5) is 9.27. The Kier molecular flexibility index (Phi) is 4.88. The molecule has 1 aliphatic carbocycles. The Bertz CT molecular complexity index is 1370. The molecule has 1 aliphatic rings. The minimum Gasteiger partial charge on any atom is -0.322 e. The number of hydrogen-bond acceptors (Lipinski definition) is 3. The molecule has 0 bridgehead atoms. The number of fused-ring (bicyclic) bond motifs is 3. The molecule has 0 unspecified atom stereocenters. The number of benzene rings is 2. The molecule has 0 spiro atoms. The topological polar surface area (TPSA) is 54.5 Å². The van der Waals surface area contributed by atoms with E-state index < -0.39 is 0 Å². The highest BCUT2D eigenvalue weighted by Crippen LogP contribution is 2.34. The fraction of sp³-hybridized carbons (Fsp3) is 0.222. The monoisotopic (exact) mass is 404 g/mol. The quantitative estimate of drug-likeness (QED) is 0.429. The molecule has 0 N–H and O–H groups in total. The van der Waals surface area contributed by atoms with Gasteiger partial charge in [-0.2, -0.15) is 5.26 Å². The molecule has 0 aliphatic heterocycles. The number of allylic oxidation sites excluding steroid dienone is 1. The lowest BCUT2D eigenvalue weighted by Crippen LogP contribution is -2.06. The van der Waals surface area contributed by atoms with Gasteiger partial charge in [-0.25, -0.2) is 4.98 Å². The van der Waals surface area contributed by atoms with E-state index in [0.29, 0.717) is 0 Å². The van der Waals surface area contributed by atoms with Crippen LogP contribution in [-0.2, 0) is 25.8 Å². The highest BCUT2D eigenvalue weighted by atomic mass is 15.1. The minimum absolute atomic E-state index is 0.766. The molecule has 4 heteroatoms. The smallest absolute Gasteiger partial charge is 0.109 e. The molecule has 0 amide bonds. The second kappa shape index (κ2) is 7.85. The number of nitrogens with zero attached hydrogens (tertiary/aromatic N) is 4. The van der Waals surface area contributed by atoms with Crippen LogP contribution in [0.4, 0.5) is 0 Å². The molecular formula is C27H24N4. The Morgan fingerprint density at radius 3 is 2.71 bits per heavy atom. The summed E-state index contributed by atoms with van der Waals surface area (Å²) in [5, 5.41) is 9.43. The van der Waals surface area contributed by atoms with E-state index in [1.807, 2.05) is 12.4 Å². The van der Waals surface area contributed by atoms with Crippen molar-refractivity contribution in [2.45, 2.75) is 39.7 Å². The van der Waals surface area contributed by atoms with E-state index in [9.17, 15) is 5.26 Å². The van der Waals surface area contributed by atoms with Crippen molar-refractivity contribution in [1.29, 1.82) is 5.26 Å². The van der Waals surface area contributed by atoms with Crippen molar-refractivity contribution in [3.8, 4) is 6.07 Å². The van der Waals surface area contributed by atoms with Gasteiger partial charge >= 0.3 is 0 Å². The van der Waals surface area contributed by atoms with Crippen molar-refractivity contribution in [1.82, 2.24) is 14.5 Å². The van der Waals surface area contributed by atoms with Gasteiger partial charge in [0.1, 0.15) is 5.82 Å². The number of rotatable bonds is 3. The van der Waals surface area contributed by atoms with Crippen LogP contribution in [0.15, 0.2) is 60.9 Å². The first kappa shape index (κ1) is 19.3. The third-order valence-corrected chi connectivity index (χ3v) is 6.22. The average molecular weight is 405 g/mol. The van der Waals surface area contributed by atoms with Gasteiger partial charge in [0, 0.05) is 25.2 Å². The third-order valence-electron chi connectivity index (χ3n) is 6.22. The van der Waals surface area contributed by atoms with Crippen molar-refractivity contribution < 1.29 is 0 Å². The maximum Gasteiger partial charge on any atom is 0.109 e. The molecule has 5 rings (SSSR count). The van der Waals surface area contributed by atoms with Crippen molar-refractivity contribution in [2.24, 2.45) is 0 Å². The van der Waals surface area contributed by atoms with Gasteiger partial charge in [0.2, 0.25) is 0 Å². The Labute approximate surface area is 182 Å². The summed E-state index contributed by atoms with van der Waals surface area (Å²) in [5.74, 6) is 1.08. The largest absolute Gasteiger partial charge is 0.322 e. The van der Waals surface area contributed by atoms with Gasteiger partial charge < -0.3 is 4.57 Å².